The number of hydrogen-bond acceptors (Lipinski definition) is 3. The van der Waals surface area contributed by atoms with E-state index in [1.165, 1.54) is 17.7 Å². The number of aromatic amines is 1. The summed E-state index contributed by atoms with van der Waals surface area (Å²) in [4.78, 5) is 32.1. The van der Waals surface area contributed by atoms with E-state index in [4.69, 9.17) is 10.6 Å². The molecular formula is C16H19N3O3. The number of para-hydroxylation sites is 1. The van der Waals surface area contributed by atoms with Crippen LogP contribution in [0, 0.1) is 5.92 Å². The molecule has 1 heterocycles. The molecule has 1 aliphatic rings. The van der Waals surface area contributed by atoms with Crippen LogP contribution in [0.5, 0.6) is 0 Å². The van der Waals surface area contributed by atoms with Crippen molar-refractivity contribution >= 4 is 22.7 Å². The topological polar surface area (TPSA) is 88.4 Å². The van der Waals surface area contributed by atoms with Gasteiger partial charge in [-0.05, 0) is 30.9 Å². The molecule has 0 fully saturated rings. The summed E-state index contributed by atoms with van der Waals surface area (Å²) in [6.45, 7) is 0. The van der Waals surface area contributed by atoms with Crippen molar-refractivity contribution in [1.82, 2.24) is 10.0 Å². The number of aryl methyl sites for hydroxylation is 1. The van der Waals surface area contributed by atoms with Gasteiger partial charge in [-0.1, -0.05) is 12.1 Å². The number of hydroxylamine groups is 2. The van der Waals surface area contributed by atoms with E-state index in [2.05, 4.69) is 4.98 Å². The van der Waals surface area contributed by atoms with Gasteiger partial charge in [0.05, 0.1) is 18.2 Å². The first-order chi connectivity index (χ1) is 10.5. The summed E-state index contributed by atoms with van der Waals surface area (Å²) in [6, 6.07) is 5.54. The molecule has 0 saturated heterocycles. The van der Waals surface area contributed by atoms with E-state index in [1.54, 1.807) is 13.1 Å². The smallest absolute Gasteiger partial charge is 0.250 e. The summed E-state index contributed by atoms with van der Waals surface area (Å²) >= 11 is 0. The number of fused-ring (bicyclic) bond motifs is 3. The lowest BCUT2D eigenvalue weighted by molar-refractivity contribution is -0.173. The van der Waals surface area contributed by atoms with Crippen LogP contribution < -0.4 is 5.73 Å². The first-order valence-corrected chi connectivity index (χ1v) is 7.26. The van der Waals surface area contributed by atoms with Crippen LogP contribution in [0.15, 0.2) is 18.2 Å². The van der Waals surface area contributed by atoms with Crippen LogP contribution in [0.4, 0.5) is 0 Å². The molecule has 1 aromatic carbocycles. The number of nitrogens with zero attached hydrogens (tertiary/aromatic N) is 1. The number of H-pyrrole nitrogens is 1. The van der Waals surface area contributed by atoms with Crippen molar-refractivity contribution in [2.45, 2.75) is 19.3 Å². The standard InChI is InChI=1S/C16H19N3O3/c1-19(22-2)16(21)9-6-7-10-11-4-3-5-12(15(17)20)14(11)18-13(10)8-9/h3-5,9,18H,6-8H2,1-2H3,(H2,17,20). The van der Waals surface area contributed by atoms with E-state index in [0.29, 0.717) is 12.0 Å². The molecule has 2 amide bonds. The summed E-state index contributed by atoms with van der Waals surface area (Å²) in [5.41, 5.74) is 8.89. The zero-order valence-electron chi connectivity index (χ0n) is 12.7. The number of carbonyl (C=O) groups excluding carboxylic acids is 2. The van der Waals surface area contributed by atoms with Gasteiger partial charge in [-0.25, -0.2) is 5.06 Å². The Morgan fingerprint density at radius 2 is 2.18 bits per heavy atom. The predicted octanol–water partition coefficient (Wildman–Crippen LogP) is 1.39. The molecule has 1 atom stereocenters. The highest BCUT2D eigenvalue weighted by Crippen LogP contribution is 2.33. The SMILES string of the molecule is CON(C)C(=O)C1CCc2c([nH]c3c(C(N)=O)cccc23)C1. The van der Waals surface area contributed by atoms with E-state index in [1.807, 2.05) is 12.1 Å². The Morgan fingerprint density at radius 1 is 1.41 bits per heavy atom. The molecule has 1 aliphatic carbocycles. The van der Waals surface area contributed by atoms with Crippen LogP contribution in [-0.4, -0.2) is 36.0 Å². The van der Waals surface area contributed by atoms with Crippen molar-refractivity contribution in [3.8, 4) is 0 Å². The minimum Gasteiger partial charge on any atom is -0.366 e. The predicted molar refractivity (Wildman–Crippen MR) is 82.1 cm³/mol. The van der Waals surface area contributed by atoms with Crippen LogP contribution >= 0.6 is 0 Å². The largest absolute Gasteiger partial charge is 0.366 e. The number of benzene rings is 1. The highest BCUT2D eigenvalue weighted by molar-refractivity contribution is 6.06. The molecule has 6 nitrogen and oxygen atoms in total. The number of amides is 2. The fourth-order valence-corrected chi connectivity index (χ4v) is 3.22. The lowest BCUT2D eigenvalue weighted by Crippen LogP contribution is -2.35. The third-order valence-electron chi connectivity index (χ3n) is 4.42. The normalized spacial score (nSPS) is 17.3. The van der Waals surface area contributed by atoms with Gasteiger partial charge >= 0.3 is 0 Å². The summed E-state index contributed by atoms with van der Waals surface area (Å²) in [5.74, 6) is -0.583. The molecule has 2 aromatic rings. The van der Waals surface area contributed by atoms with Gasteiger partial charge in [0.25, 0.3) is 5.91 Å². The maximum Gasteiger partial charge on any atom is 0.250 e. The molecule has 0 bridgehead atoms. The molecule has 0 spiro atoms. The molecule has 116 valence electrons. The summed E-state index contributed by atoms with van der Waals surface area (Å²) < 4.78 is 0. The second kappa shape index (κ2) is 5.46. The van der Waals surface area contributed by atoms with Gasteiger partial charge in [-0.2, -0.15) is 0 Å². The molecule has 0 aliphatic heterocycles. The quantitative estimate of drug-likeness (QED) is 0.840. The third-order valence-corrected chi connectivity index (χ3v) is 4.42. The summed E-state index contributed by atoms with van der Waals surface area (Å²) in [5, 5.41) is 2.30. The molecule has 3 rings (SSSR count). The zero-order chi connectivity index (χ0) is 15.9. The highest BCUT2D eigenvalue weighted by Gasteiger charge is 2.29. The van der Waals surface area contributed by atoms with Crippen LogP contribution in [0.2, 0.25) is 0 Å². The van der Waals surface area contributed by atoms with E-state index in [-0.39, 0.29) is 11.8 Å². The van der Waals surface area contributed by atoms with Gasteiger partial charge in [0, 0.05) is 24.0 Å². The molecule has 6 heteroatoms. The van der Waals surface area contributed by atoms with Crippen molar-refractivity contribution in [2.75, 3.05) is 14.2 Å². The van der Waals surface area contributed by atoms with Gasteiger partial charge in [-0.3, -0.25) is 14.4 Å². The Balaban J connectivity index is 1.99. The van der Waals surface area contributed by atoms with Gasteiger partial charge < -0.3 is 10.7 Å². The molecule has 0 saturated carbocycles. The van der Waals surface area contributed by atoms with E-state index < -0.39 is 5.91 Å². The number of primary amides is 1. The Kier molecular flexibility index (Phi) is 3.62. The molecule has 1 aromatic heterocycles. The maximum atomic E-state index is 12.2. The maximum absolute atomic E-state index is 12.2. The summed E-state index contributed by atoms with van der Waals surface area (Å²) in [7, 11) is 3.10. The second-order valence-corrected chi connectivity index (χ2v) is 5.63. The van der Waals surface area contributed by atoms with E-state index >= 15 is 0 Å². The number of aromatic nitrogens is 1. The summed E-state index contributed by atoms with van der Waals surface area (Å²) in [6.07, 6.45) is 2.19. The highest BCUT2D eigenvalue weighted by atomic mass is 16.7. The number of rotatable bonds is 3. The minimum atomic E-state index is -0.448. The fraction of sp³-hybridized carbons (Fsp3) is 0.375. The van der Waals surface area contributed by atoms with Crippen molar-refractivity contribution < 1.29 is 14.4 Å². The average Bonchev–Trinajstić information content (AvgIpc) is 2.90. The van der Waals surface area contributed by atoms with Gasteiger partial charge in [0.15, 0.2) is 0 Å². The van der Waals surface area contributed by atoms with Crippen molar-refractivity contribution in [3.05, 3.63) is 35.0 Å². The van der Waals surface area contributed by atoms with Gasteiger partial charge in [0.1, 0.15) is 0 Å². The van der Waals surface area contributed by atoms with Crippen LogP contribution in [0.3, 0.4) is 0 Å². The van der Waals surface area contributed by atoms with Crippen molar-refractivity contribution in [2.24, 2.45) is 11.7 Å². The Morgan fingerprint density at radius 3 is 2.86 bits per heavy atom. The Hall–Kier alpha value is -2.34. The first-order valence-electron chi connectivity index (χ1n) is 7.26. The monoisotopic (exact) mass is 301 g/mol. The number of carbonyl (C=O) groups is 2. The average molecular weight is 301 g/mol. The Bertz CT molecular complexity index is 750. The molecule has 0 radical (unpaired) electrons. The Labute approximate surface area is 128 Å². The molecule has 22 heavy (non-hydrogen) atoms. The minimum absolute atomic E-state index is 0.0260. The molecular weight excluding hydrogens is 282 g/mol. The lowest BCUT2D eigenvalue weighted by Gasteiger charge is -2.25. The van der Waals surface area contributed by atoms with Crippen LogP contribution in [-0.2, 0) is 22.5 Å². The first kappa shape index (κ1) is 14.6. The van der Waals surface area contributed by atoms with E-state index in [9.17, 15) is 9.59 Å². The van der Waals surface area contributed by atoms with Crippen LogP contribution in [0.25, 0.3) is 10.9 Å². The van der Waals surface area contributed by atoms with Gasteiger partial charge in [0.2, 0.25) is 5.91 Å². The molecule has 1 unspecified atom stereocenters. The zero-order valence-corrected chi connectivity index (χ0v) is 12.7. The number of nitrogens with two attached hydrogens (primary N) is 1. The number of nitrogens with one attached hydrogen (secondary N) is 1. The van der Waals surface area contributed by atoms with E-state index in [0.717, 1.165) is 29.4 Å². The molecule has 3 N–H and O–H groups in total. The number of hydrogen-bond donors (Lipinski definition) is 2. The van der Waals surface area contributed by atoms with Crippen molar-refractivity contribution in [1.29, 1.82) is 0 Å². The second-order valence-electron chi connectivity index (χ2n) is 5.63. The fourth-order valence-electron chi connectivity index (χ4n) is 3.22. The van der Waals surface area contributed by atoms with Gasteiger partial charge in [-0.15, -0.1) is 0 Å². The van der Waals surface area contributed by atoms with Crippen LogP contribution in [0.1, 0.15) is 28.0 Å². The lowest BCUT2D eigenvalue weighted by atomic mass is 9.86. The third kappa shape index (κ3) is 2.25. The van der Waals surface area contributed by atoms with Crippen molar-refractivity contribution in [3.63, 3.8) is 0 Å².